The van der Waals surface area contributed by atoms with E-state index in [1.807, 2.05) is 0 Å². The highest BCUT2D eigenvalue weighted by Gasteiger charge is 2.18. The number of carbonyl (C=O) groups is 1. The molecule has 4 nitrogen and oxygen atoms in total. The van der Waals surface area contributed by atoms with Crippen LogP contribution >= 0.6 is 44.7 Å². The molecule has 2 N–H and O–H groups in total. The third kappa shape index (κ3) is 4.53. The first-order chi connectivity index (χ1) is 9.99. The summed E-state index contributed by atoms with van der Waals surface area (Å²) in [7, 11) is 0. The summed E-state index contributed by atoms with van der Waals surface area (Å²) < 4.78 is 2.26. The third-order valence-corrected chi connectivity index (χ3v) is 5.33. The van der Waals surface area contributed by atoms with Gasteiger partial charge in [-0.3, -0.25) is 0 Å². The number of hydrogen-bond acceptors (Lipinski definition) is 3. The number of rotatable bonds is 3. The van der Waals surface area contributed by atoms with Gasteiger partial charge < -0.3 is 10.4 Å². The monoisotopic (exact) mass is 436 g/mol. The van der Waals surface area contributed by atoms with E-state index in [0.29, 0.717) is 27.1 Å². The molecule has 0 saturated heterocycles. The summed E-state index contributed by atoms with van der Waals surface area (Å²) in [4.78, 5) is 12.1. The Morgan fingerprint density at radius 3 is 2.43 bits per heavy atom. The van der Waals surface area contributed by atoms with Gasteiger partial charge in [-0.25, -0.2) is 9.10 Å². The summed E-state index contributed by atoms with van der Waals surface area (Å²) in [6.07, 6.45) is 6.18. The van der Waals surface area contributed by atoms with Gasteiger partial charge in [-0.05, 0) is 62.8 Å². The highest BCUT2D eigenvalue weighted by atomic mass is 79.9. The van der Waals surface area contributed by atoms with Gasteiger partial charge in [0.25, 0.3) is 0 Å². The van der Waals surface area contributed by atoms with Crippen LogP contribution in [0.3, 0.4) is 0 Å². The molecule has 0 aromatic heterocycles. The zero-order chi connectivity index (χ0) is 15.4. The molecule has 0 aliphatic heterocycles. The molecule has 2 amide bonds. The molecule has 0 heterocycles. The summed E-state index contributed by atoms with van der Waals surface area (Å²) in [5.41, 5.74) is 0.580. The van der Waals surface area contributed by atoms with Crippen LogP contribution in [0.15, 0.2) is 21.1 Å². The summed E-state index contributed by atoms with van der Waals surface area (Å²) in [6, 6.07) is 3.04. The Balaban J connectivity index is 1.95. The molecule has 0 radical (unpaired) electrons. The van der Waals surface area contributed by atoms with Gasteiger partial charge in [0.15, 0.2) is 0 Å². The second-order valence-electron chi connectivity index (χ2n) is 5.26. The van der Waals surface area contributed by atoms with Gasteiger partial charge in [-0.15, -0.1) is 0 Å². The van der Waals surface area contributed by atoms with Crippen LogP contribution in [-0.4, -0.2) is 17.7 Å². The van der Waals surface area contributed by atoms with Crippen molar-refractivity contribution in [3.8, 4) is 5.75 Å². The normalized spacial score (nSPS) is 15.8. The maximum absolute atomic E-state index is 12.1. The minimum Gasteiger partial charge on any atom is -0.506 e. The molecule has 116 valence electrons. The molecule has 1 aliphatic rings. The van der Waals surface area contributed by atoms with Crippen LogP contribution in [0, 0.1) is 5.92 Å². The smallest absolute Gasteiger partial charge is 0.331 e. The van der Waals surface area contributed by atoms with E-state index in [9.17, 15) is 9.90 Å². The minimum atomic E-state index is -0.256. The highest BCUT2D eigenvalue weighted by molar-refractivity contribution is 9.11. The second kappa shape index (κ2) is 7.74. The van der Waals surface area contributed by atoms with E-state index in [0.717, 1.165) is 0 Å². The van der Waals surface area contributed by atoms with Gasteiger partial charge in [0.05, 0.1) is 14.6 Å². The van der Waals surface area contributed by atoms with Crippen LogP contribution in [0.4, 0.5) is 10.5 Å². The van der Waals surface area contributed by atoms with Gasteiger partial charge in [0.1, 0.15) is 5.75 Å². The summed E-state index contributed by atoms with van der Waals surface area (Å²) in [5.74, 6) is 0.672. The Kier molecular flexibility index (Phi) is 6.25. The average molecular weight is 438 g/mol. The summed E-state index contributed by atoms with van der Waals surface area (Å²) in [5, 5.41) is 12.6. The number of aromatic hydroxyl groups is 1. The van der Waals surface area contributed by atoms with Crippen molar-refractivity contribution in [2.75, 3.05) is 10.8 Å². The van der Waals surface area contributed by atoms with E-state index >= 15 is 0 Å². The molecule has 1 aromatic rings. The van der Waals surface area contributed by atoms with Crippen molar-refractivity contribution < 1.29 is 9.90 Å². The SMILES string of the molecule is O=C(NCC1CCCCC1)N(S)c1cc(Br)c(O)c(Br)c1. The molecule has 1 fully saturated rings. The third-order valence-electron chi connectivity index (χ3n) is 3.71. The Bertz CT molecular complexity index is 499. The van der Waals surface area contributed by atoms with Gasteiger partial charge in [-0.1, -0.05) is 32.1 Å². The van der Waals surface area contributed by atoms with Crippen molar-refractivity contribution >= 4 is 56.4 Å². The average Bonchev–Trinajstić information content (AvgIpc) is 2.50. The molecule has 0 spiro atoms. The maximum atomic E-state index is 12.1. The summed E-state index contributed by atoms with van der Waals surface area (Å²) >= 11 is 10.7. The van der Waals surface area contributed by atoms with E-state index in [1.165, 1.54) is 36.4 Å². The number of amides is 2. The fourth-order valence-corrected chi connectivity index (χ4v) is 3.84. The number of hydrogen-bond donors (Lipinski definition) is 3. The number of thiol groups is 1. The van der Waals surface area contributed by atoms with E-state index in [4.69, 9.17) is 0 Å². The lowest BCUT2D eigenvalue weighted by Gasteiger charge is -2.23. The Labute approximate surface area is 147 Å². The zero-order valence-electron chi connectivity index (χ0n) is 11.5. The number of phenols is 1. The number of nitrogens with one attached hydrogen (secondary N) is 1. The van der Waals surface area contributed by atoms with Crippen LogP contribution in [0.1, 0.15) is 32.1 Å². The fourth-order valence-electron chi connectivity index (χ4n) is 2.49. The number of halogens is 2. The number of phenolic OH excluding ortho intramolecular Hbond substituents is 1. The topological polar surface area (TPSA) is 52.6 Å². The number of urea groups is 1. The second-order valence-corrected chi connectivity index (χ2v) is 7.37. The van der Waals surface area contributed by atoms with Gasteiger partial charge >= 0.3 is 6.03 Å². The zero-order valence-corrected chi connectivity index (χ0v) is 15.5. The van der Waals surface area contributed by atoms with Crippen molar-refractivity contribution in [2.45, 2.75) is 32.1 Å². The van der Waals surface area contributed by atoms with Crippen LogP contribution in [0.25, 0.3) is 0 Å². The van der Waals surface area contributed by atoms with Gasteiger partial charge in [-0.2, -0.15) is 0 Å². The highest BCUT2D eigenvalue weighted by Crippen LogP contribution is 2.36. The van der Waals surface area contributed by atoms with Crippen molar-refractivity contribution in [3.63, 3.8) is 0 Å². The quantitative estimate of drug-likeness (QED) is 0.591. The lowest BCUT2D eigenvalue weighted by molar-refractivity contribution is 0.245. The number of carbonyl (C=O) groups excluding carboxylic acids is 1. The van der Waals surface area contributed by atoms with Crippen LogP contribution in [0.2, 0.25) is 0 Å². The Morgan fingerprint density at radius 2 is 1.86 bits per heavy atom. The van der Waals surface area contributed by atoms with E-state index in [-0.39, 0.29) is 11.8 Å². The molecule has 0 unspecified atom stereocenters. The largest absolute Gasteiger partial charge is 0.506 e. The molecule has 7 heteroatoms. The standard InChI is InChI=1S/C14H18Br2N2O2S/c15-11-6-10(7-12(16)13(11)19)18(21)14(20)17-8-9-4-2-1-3-5-9/h6-7,9,19,21H,1-5,8H2,(H,17,20). The Hall–Kier alpha value is -0.400. The first-order valence-corrected chi connectivity index (χ1v) is 8.92. The van der Waals surface area contributed by atoms with Gasteiger partial charge in [0, 0.05) is 6.54 Å². The predicted molar refractivity (Wildman–Crippen MR) is 94.9 cm³/mol. The molecular weight excluding hydrogens is 420 g/mol. The van der Waals surface area contributed by atoms with E-state index in [1.54, 1.807) is 12.1 Å². The van der Waals surface area contributed by atoms with Crippen LogP contribution in [0.5, 0.6) is 5.75 Å². The first kappa shape index (κ1) is 17.0. The van der Waals surface area contributed by atoms with Gasteiger partial charge in [0.2, 0.25) is 0 Å². The predicted octanol–water partition coefficient (Wildman–Crippen LogP) is 4.86. The molecule has 0 atom stereocenters. The summed E-state index contributed by atoms with van der Waals surface area (Å²) in [6.45, 7) is 0.691. The van der Waals surface area contributed by atoms with Crippen LogP contribution in [-0.2, 0) is 0 Å². The van der Waals surface area contributed by atoms with Crippen LogP contribution < -0.4 is 9.62 Å². The number of nitrogens with zero attached hydrogens (tertiary/aromatic N) is 1. The first-order valence-electron chi connectivity index (χ1n) is 6.94. The van der Waals surface area contributed by atoms with E-state index in [2.05, 4.69) is 50.0 Å². The molecule has 2 rings (SSSR count). The van der Waals surface area contributed by atoms with Crippen molar-refractivity contribution in [2.24, 2.45) is 5.92 Å². The number of anilines is 1. The van der Waals surface area contributed by atoms with E-state index < -0.39 is 0 Å². The van der Waals surface area contributed by atoms with Crippen molar-refractivity contribution in [1.82, 2.24) is 5.32 Å². The van der Waals surface area contributed by atoms with Crippen molar-refractivity contribution in [3.05, 3.63) is 21.1 Å². The molecular formula is C14H18Br2N2O2S. The maximum Gasteiger partial charge on any atom is 0.331 e. The lowest BCUT2D eigenvalue weighted by atomic mass is 9.89. The minimum absolute atomic E-state index is 0.100. The molecule has 21 heavy (non-hydrogen) atoms. The van der Waals surface area contributed by atoms with Crippen molar-refractivity contribution in [1.29, 1.82) is 0 Å². The molecule has 0 bridgehead atoms. The molecule has 1 aliphatic carbocycles. The molecule has 1 aromatic carbocycles. The fraction of sp³-hybridized carbons (Fsp3) is 0.500. The molecule has 1 saturated carbocycles. The number of benzene rings is 1. The Morgan fingerprint density at radius 1 is 1.29 bits per heavy atom. The lowest BCUT2D eigenvalue weighted by Crippen LogP contribution is -2.37.